The Hall–Kier alpha value is -1.39. The highest BCUT2D eigenvalue weighted by Crippen LogP contribution is 2.35. The highest BCUT2D eigenvalue weighted by atomic mass is 16.5. The van der Waals surface area contributed by atoms with Crippen LogP contribution < -0.4 is 4.74 Å². The Labute approximate surface area is 88.4 Å². The Morgan fingerprint density at radius 2 is 2.20 bits per heavy atom. The fourth-order valence-corrected chi connectivity index (χ4v) is 1.65. The Balaban J connectivity index is 2.28. The summed E-state index contributed by atoms with van der Waals surface area (Å²) >= 11 is 0. The van der Waals surface area contributed by atoms with Crippen LogP contribution in [0.5, 0.6) is 6.01 Å². The Kier molecular flexibility index (Phi) is 2.70. The van der Waals surface area contributed by atoms with Crippen LogP contribution in [-0.2, 0) is 0 Å². The monoisotopic (exact) mass is 209 g/mol. The van der Waals surface area contributed by atoms with E-state index in [2.05, 4.69) is 10.2 Å². The Bertz CT molecular complexity index is 356. The zero-order valence-corrected chi connectivity index (χ0v) is 9.01. The van der Waals surface area contributed by atoms with Gasteiger partial charge in [-0.25, -0.2) is 0 Å². The third-order valence-corrected chi connectivity index (χ3v) is 2.58. The maximum atomic E-state index is 10.8. The van der Waals surface area contributed by atoms with Crippen LogP contribution in [0, 0.1) is 0 Å². The number of carbonyl (C=O) groups is 1. The van der Waals surface area contributed by atoms with Crippen molar-refractivity contribution in [2.75, 3.05) is 0 Å². The molecule has 0 N–H and O–H groups in total. The van der Waals surface area contributed by atoms with Crippen LogP contribution in [0.15, 0.2) is 0 Å². The van der Waals surface area contributed by atoms with E-state index in [0.29, 0.717) is 17.9 Å². The minimum absolute atomic E-state index is 0.0486. The molecular formula is C10H15N3O2. The zero-order chi connectivity index (χ0) is 10.8. The van der Waals surface area contributed by atoms with E-state index in [1.165, 1.54) is 6.42 Å². The molecule has 0 amide bonds. The molecule has 1 aromatic heterocycles. The molecule has 15 heavy (non-hydrogen) atoms. The van der Waals surface area contributed by atoms with Crippen molar-refractivity contribution in [3.05, 3.63) is 5.82 Å². The second-order valence-electron chi connectivity index (χ2n) is 4.08. The van der Waals surface area contributed by atoms with Gasteiger partial charge in [-0.3, -0.25) is 9.36 Å². The predicted octanol–water partition coefficient (Wildman–Crippen LogP) is 1.60. The van der Waals surface area contributed by atoms with Gasteiger partial charge < -0.3 is 4.74 Å². The lowest BCUT2D eigenvalue weighted by Gasteiger charge is -2.28. The first kappa shape index (κ1) is 10.1. The van der Waals surface area contributed by atoms with Gasteiger partial charge in [0.05, 0.1) is 6.10 Å². The second kappa shape index (κ2) is 4.00. The summed E-state index contributed by atoms with van der Waals surface area (Å²) in [5, 5.41) is 7.70. The van der Waals surface area contributed by atoms with Crippen molar-refractivity contribution in [3.8, 4) is 6.01 Å². The number of ether oxygens (including phenoxy) is 1. The minimum atomic E-state index is 0.0486. The van der Waals surface area contributed by atoms with Crippen LogP contribution in [0.25, 0.3) is 0 Å². The first-order chi connectivity index (χ1) is 7.22. The van der Waals surface area contributed by atoms with Crippen LogP contribution in [0.2, 0.25) is 0 Å². The summed E-state index contributed by atoms with van der Waals surface area (Å²) < 4.78 is 7.33. The van der Waals surface area contributed by atoms with Crippen LogP contribution in [0.4, 0.5) is 0 Å². The molecule has 1 heterocycles. The van der Waals surface area contributed by atoms with Gasteiger partial charge in [0, 0.05) is 6.04 Å². The molecule has 2 rings (SSSR count). The second-order valence-corrected chi connectivity index (χ2v) is 4.08. The summed E-state index contributed by atoms with van der Waals surface area (Å²) in [5.41, 5.74) is 0. The van der Waals surface area contributed by atoms with Crippen molar-refractivity contribution in [3.63, 3.8) is 0 Å². The van der Waals surface area contributed by atoms with Crippen molar-refractivity contribution >= 4 is 6.29 Å². The molecular weight excluding hydrogens is 194 g/mol. The summed E-state index contributed by atoms with van der Waals surface area (Å²) in [5.74, 6) is 0.371. The van der Waals surface area contributed by atoms with Gasteiger partial charge in [0.2, 0.25) is 0 Å². The molecule has 0 aliphatic heterocycles. The van der Waals surface area contributed by atoms with Gasteiger partial charge in [0.1, 0.15) is 0 Å². The molecule has 82 valence electrons. The maximum absolute atomic E-state index is 10.8. The predicted molar refractivity (Wildman–Crippen MR) is 54.1 cm³/mol. The summed E-state index contributed by atoms with van der Waals surface area (Å²) in [4.78, 5) is 10.8. The first-order valence-corrected chi connectivity index (χ1v) is 5.29. The van der Waals surface area contributed by atoms with E-state index in [9.17, 15) is 4.79 Å². The molecule has 1 fully saturated rings. The molecule has 0 aromatic carbocycles. The molecule has 0 spiro atoms. The number of carbonyl (C=O) groups excluding carboxylic acids is 1. The number of aromatic nitrogens is 3. The van der Waals surface area contributed by atoms with Crippen molar-refractivity contribution in [1.82, 2.24) is 14.8 Å². The van der Waals surface area contributed by atoms with Crippen LogP contribution >= 0.6 is 0 Å². The number of hydrogen-bond acceptors (Lipinski definition) is 4. The number of nitrogens with zero attached hydrogens (tertiary/aromatic N) is 3. The molecule has 0 saturated heterocycles. The number of aldehydes is 1. The van der Waals surface area contributed by atoms with E-state index >= 15 is 0 Å². The van der Waals surface area contributed by atoms with E-state index < -0.39 is 0 Å². The molecule has 1 aromatic rings. The van der Waals surface area contributed by atoms with Gasteiger partial charge in [0.15, 0.2) is 12.1 Å². The van der Waals surface area contributed by atoms with Crippen molar-refractivity contribution in [1.29, 1.82) is 0 Å². The van der Waals surface area contributed by atoms with Gasteiger partial charge >= 0.3 is 6.01 Å². The number of hydrogen-bond donors (Lipinski definition) is 0. The lowest BCUT2D eigenvalue weighted by atomic mass is 9.93. The molecule has 1 saturated carbocycles. The topological polar surface area (TPSA) is 57.0 Å². The Morgan fingerprint density at radius 3 is 2.67 bits per heavy atom. The molecule has 0 unspecified atom stereocenters. The Morgan fingerprint density at radius 1 is 1.47 bits per heavy atom. The third kappa shape index (κ3) is 1.86. The molecule has 0 atom stereocenters. The van der Waals surface area contributed by atoms with Crippen molar-refractivity contribution in [2.24, 2.45) is 0 Å². The fraction of sp³-hybridized carbons (Fsp3) is 0.700. The van der Waals surface area contributed by atoms with Gasteiger partial charge in [-0.1, -0.05) is 5.10 Å². The molecule has 0 radical (unpaired) electrons. The van der Waals surface area contributed by atoms with E-state index in [0.717, 1.165) is 19.1 Å². The summed E-state index contributed by atoms with van der Waals surface area (Å²) in [6.07, 6.45) is 4.13. The van der Waals surface area contributed by atoms with E-state index in [1.807, 2.05) is 18.4 Å². The molecule has 5 nitrogen and oxygen atoms in total. The highest BCUT2D eigenvalue weighted by molar-refractivity contribution is 5.69. The smallest absolute Gasteiger partial charge is 0.317 e. The van der Waals surface area contributed by atoms with Gasteiger partial charge in [-0.2, -0.15) is 0 Å². The SMILES string of the molecule is CC(C)Oc1nnc(C=O)n1C1CCC1. The first-order valence-electron chi connectivity index (χ1n) is 5.29. The molecule has 5 heteroatoms. The normalized spacial score (nSPS) is 16.5. The minimum Gasteiger partial charge on any atom is -0.461 e. The summed E-state index contributed by atoms with van der Waals surface area (Å²) in [6.45, 7) is 3.86. The van der Waals surface area contributed by atoms with Gasteiger partial charge in [-0.15, -0.1) is 5.10 Å². The van der Waals surface area contributed by atoms with E-state index in [1.54, 1.807) is 0 Å². The standard InChI is InChI=1S/C10H15N3O2/c1-7(2)15-10-12-11-9(6-14)13(10)8-4-3-5-8/h6-8H,3-5H2,1-2H3. The average Bonchev–Trinajstić information content (AvgIpc) is 2.45. The van der Waals surface area contributed by atoms with E-state index in [4.69, 9.17) is 4.74 Å². The van der Waals surface area contributed by atoms with Crippen molar-refractivity contribution in [2.45, 2.75) is 45.3 Å². The van der Waals surface area contributed by atoms with Crippen LogP contribution in [0.3, 0.4) is 0 Å². The fourth-order valence-electron chi connectivity index (χ4n) is 1.65. The largest absolute Gasteiger partial charge is 0.461 e. The van der Waals surface area contributed by atoms with Crippen LogP contribution in [0.1, 0.15) is 49.8 Å². The van der Waals surface area contributed by atoms with Gasteiger partial charge in [-0.05, 0) is 33.1 Å². The summed E-state index contributed by atoms with van der Waals surface area (Å²) in [6, 6.07) is 0.811. The lowest BCUT2D eigenvalue weighted by Crippen LogP contribution is -2.21. The molecule has 1 aliphatic carbocycles. The number of rotatable bonds is 4. The zero-order valence-electron chi connectivity index (χ0n) is 9.01. The quantitative estimate of drug-likeness (QED) is 0.707. The third-order valence-electron chi connectivity index (χ3n) is 2.58. The lowest BCUT2D eigenvalue weighted by molar-refractivity contribution is 0.110. The summed E-state index contributed by atoms with van der Waals surface area (Å²) in [7, 11) is 0. The van der Waals surface area contributed by atoms with Crippen LogP contribution in [-0.4, -0.2) is 27.2 Å². The maximum Gasteiger partial charge on any atom is 0.317 e. The average molecular weight is 209 g/mol. The van der Waals surface area contributed by atoms with E-state index in [-0.39, 0.29) is 6.10 Å². The highest BCUT2D eigenvalue weighted by Gasteiger charge is 2.26. The van der Waals surface area contributed by atoms with Gasteiger partial charge in [0.25, 0.3) is 0 Å². The molecule has 1 aliphatic rings. The molecule has 0 bridgehead atoms. The van der Waals surface area contributed by atoms with Crippen molar-refractivity contribution < 1.29 is 9.53 Å².